The number of aromatic nitrogens is 3. The van der Waals surface area contributed by atoms with Gasteiger partial charge in [0.25, 0.3) is 0 Å². The van der Waals surface area contributed by atoms with E-state index in [1.54, 1.807) is 22.7 Å². The normalized spacial score (nSPS) is 13.4. The standard InChI is InChI=1S/C20H27N5O2S/c1-5-24(6-2)28(26,27)17-12-13-18-22-23-20(25(18)14-17)21-19(15(3)4)16-10-8-7-9-11-16/h7-15,19H,5-6H2,1-4H3,(H,21,23)/t19-/m1/s1. The molecule has 0 saturated carbocycles. The molecule has 28 heavy (non-hydrogen) atoms. The van der Waals surface area contributed by atoms with Gasteiger partial charge < -0.3 is 5.32 Å². The Bertz CT molecular complexity index is 1030. The van der Waals surface area contributed by atoms with Crippen molar-refractivity contribution in [1.29, 1.82) is 0 Å². The van der Waals surface area contributed by atoms with Gasteiger partial charge in [-0.1, -0.05) is 58.0 Å². The van der Waals surface area contributed by atoms with Crippen molar-refractivity contribution in [3.05, 3.63) is 54.2 Å². The average molecular weight is 402 g/mol. The zero-order chi connectivity index (χ0) is 20.3. The second-order valence-electron chi connectivity index (χ2n) is 6.98. The SMILES string of the molecule is CCN(CC)S(=O)(=O)c1ccc2nnc(N[C@@H](c3ccccc3)C(C)C)n2c1. The van der Waals surface area contributed by atoms with Gasteiger partial charge in [0, 0.05) is 19.3 Å². The Morgan fingerprint density at radius 2 is 1.71 bits per heavy atom. The maximum Gasteiger partial charge on any atom is 0.244 e. The number of nitrogens with one attached hydrogen (secondary N) is 1. The molecule has 0 aliphatic carbocycles. The molecule has 0 bridgehead atoms. The molecule has 3 rings (SSSR count). The molecule has 0 spiro atoms. The van der Waals surface area contributed by atoms with Crippen molar-refractivity contribution >= 4 is 21.6 Å². The molecule has 8 heteroatoms. The van der Waals surface area contributed by atoms with E-state index in [1.165, 1.54) is 4.31 Å². The maximum absolute atomic E-state index is 12.9. The minimum Gasteiger partial charge on any atom is -0.347 e. The van der Waals surface area contributed by atoms with Gasteiger partial charge in [0.15, 0.2) is 5.65 Å². The monoisotopic (exact) mass is 401 g/mol. The van der Waals surface area contributed by atoms with Gasteiger partial charge >= 0.3 is 0 Å². The highest BCUT2D eigenvalue weighted by Gasteiger charge is 2.23. The van der Waals surface area contributed by atoms with E-state index in [1.807, 2.05) is 32.0 Å². The van der Waals surface area contributed by atoms with Gasteiger partial charge in [-0.2, -0.15) is 4.31 Å². The Hall–Kier alpha value is -2.45. The molecule has 2 aromatic heterocycles. The van der Waals surface area contributed by atoms with Gasteiger partial charge in [0.1, 0.15) is 0 Å². The minimum absolute atomic E-state index is 0.0247. The van der Waals surface area contributed by atoms with Crippen molar-refractivity contribution in [3.8, 4) is 0 Å². The number of anilines is 1. The van der Waals surface area contributed by atoms with Crippen molar-refractivity contribution in [3.63, 3.8) is 0 Å². The van der Waals surface area contributed by atoms with E-state index in [-0.39, 0.29) is 10.9 Å². The molecule has 0 aliphatic rings. The number of sulfonamides is 1. The first kappa shape index (κ1) is 20.3. The van der Waals surface area contributed by atoms with Crippen LogP contribution in [0.3, 0.4) is 0 Å². The molecular formula is C20H27N5O2S. The summed E-state index contributed by atoms with van der Waals surface area (Å²) in [6, 6.07) is 13.4. The fourth-order valence-electron chi connectivity index (χ4n) is 3.27. The van der Waals surface area contributed by atoms with Crippen LogP contribution in [0.2, 0.25) is 0 Å². The van der Waals surface area contributed by atoms with E-state index >= 15 is 0 Å². The lowest BCUT2D eigenvalue weighted by atomic mass is 9.96. The summed E-state index contributed by atoms with van der Waals surface area (Å²) in [5, 5.41) is 11.9. The van der Waals surface area contributed by atoms with Crippen molar-refractivity contribution in [2.45, 2.75) is 38.6 Å². The van der Waals surface area contributed by atoms with Crippen LogP contribution >= 0.6 is 0 Å². The summed E-state index contributed by atoms with van der Waals surface area (Å²) in [6.07, 6.45) is 1.59. The first-order chi connectivity index (χ1) is 13.4. The van der Waals surface area contributed by atoms with Crippen LogP contribution in [0.25, 0.3) is 5.65 Å². The van der Waals surface area contributed by atoms with Crippen molar-refractivity contribution in [1.82, 2.24) is 18.9 Å². The van der Waals surface area contributed by atoms with Crippen LogP contribution in [0.4, 0.5) is 5.95 Å². The van der Waals surface area contributed by atoms with Crippen LogP contribution in [0, 0.1) is 5.92 Å². The van der Waals surface area contributed by atoms with Crippen molar-refractivity contribution in [2.75, 3.05) is 18.4 Å². The Morgan fingerprint density at radius 3 is 2.32 bits per heavy atom. The highest BCUT2D eigenvalue weighted by Crippen LogP contribution is 2.26. The first-order valence-corrected chi connectivity index (χ1v) is 11.0. The highest BCUT2D eigenvalue weighted by molar-refractivity contribution is 7.89. The molecule has 3 aromatic rings. The van der Waals surface area contributed by atoms with Crippen molar-refractivity contribution in [2.24, 2.45) is 5.92 Å². The van der Waals surface area contributed by atoms with E-state index in [4.69, 9.17) is 0 Å². The Morgan fingerprint density at radius 1 is 1.04 bits per heavy atom. The molecule has 0 radical (unpaired) electrons. The quantitative estimate of drug-likeness (QED) is 0.624. The Labute approximate surface area is 166 Å². The van der Waals surface area contributed by atoms with Gasteiger partial charge in [0.05, 0.1) is 10.9 Å². The lowest BCUT2D eigenvalue weighted by molar-refractivity contribution is 0.445. The van der Waals surface area contributed by atoms with E-state index in [9.17, 15) is 8.42 Å². The third-order valence-electron chi connectivity index (χ3n) is 4.83. The molecule has 1 aromatic carbocycles. The van der Waals surface area contributed by atoms with Crippen molar-refractivity contribution < 1.29 is 8.42 Å². The molecular weight excluding hydrogens is 374 g/mol. The largest absolute Gasteiger partial charge is 0.347 e. The molecule has 0 amide bonds. The van der Waals surface area contributed by atoms with Gasteiger partial charge in [-0.3, -0.25) is 4.40 Å². The van der Waals surface area contributed by atoms with E-state index in [0.29, 0.717) is 30.6 Å². The van der Waals surface area contributed by atoms with Crippen LogP contribution in [-0.4, -0.2) is 40.4 Å². The minimum atomic E-state index is -3.56. The summed E-state index contributed by atoms with van der Waals surface area (Å²) in [6.45, 7) is 8.77. The van der Waals surface area contributed by atoms with Gasteiger partial charge in [0.2, 0.25) is 16.0 Å². The summed E-state index contributed by atoms with van der Waals surface area (Å²) < 4.78 is 28.9. The van der Waals surface area contributed by atoms with Gasteiger partial charge in [-0.25, -0.2) is 8.42 Å². The fourth-order valence-corrected chi connectivity index (χ4v) is 4.73. The summed E-state index contributed by atoms with van der Waals surface area (Å²) in [5.74, 6) is 0.825. The number of pyridine rings is 1. The summed E-state index contributed by atoms with van der Waals surface area (Å²) in [5.41, 5.74) is 1.73. The zero-order valence-electron chi connectivity index (χ0n) is 16.7. The third-order valence-corrected chi connectivity index (χ3v) is 6.86. The number of hydrogen-bond acceptors (Lipinski definition) is 5. The van der Waals surface area contributed by atoms with Crippen LogP contribution in [0.5, 0.6) is 0 Å². The van der Waals surface area contributed by atoms with Gasteiger partial charge in [-0.05, 0) is 23.6 Å². The zero-order valence-corrected chi connectivity index (χ0v) is 17.5. The topological polar surface area (TPSA) is 79.6 Å². The highest BCUT2D eigenvalue weighted by atomic mass is 32.2. The Balaban J connectivity index is 2.01. The first-order valence-electron chi connectivity index (χ1n) is 9.54. The molecule has 0 fully saturated rings. The molecule has 0 aliphatic heterocycles. The summed E-state index contributed by atoms with van der Waals surface area (Å²) in [4.78, 5) is 0.229. The smallest absolute Gasteiger partial charge is 0.244 e. The summed E-state index contributed by atoms with van der Waals surface area (Å²) in [7, 11) is -3.56. The van der Waals surface area contributed by atoms with Crippen LogP contribution in [-0.2, 0) is 10.0 Å². The van der Waals surface area contributed by atoms with Gasteiger partial charge in [-0.15, -0.1) is 10.2 Å². The van der Waals surface area contributed by atoms with E-state index in [2.05, 4.69) is 41.5 Å². The average Bonchev–Trinajstić information content (AvgIpc) is 3.09. The molecule has 1 N–H and O–H groups in total. The van der Waals surface area contributed by atoms with E-state index < -0.39 is 10.0 Å². The molecule has 0 unspecified atom stereocenters. The number of rotatable bonds is 8. The number of fused-ring (bicyclic) bond motifs is 1. The molecule has 0 saturated heterocycles. The number of nitrogens with zero attached hydrogens (tertiary/aromatic N) is 4. The third kappa shape index (κ3) is 3.88. The summed E-state index contributed by atoms with van der Waals surface area (Å²) >= 11 is 0. The predicted octanol–water partition coefficient (Wildman–Crippen LogP) is 3.57. The second kappa shape index (κ2) is 8.28. The van der Waals surface area contributed by atoms with E-state index in [0.717, 1.165) is 5.56 Å². The van der Waals surface area contributed by atoms with Crippen LogP contribution < -0.4 is 5.32 Å². The maximum atomic E-state index is 12.9. The number of benzene rings is 1. The second-order valence-corrected chi connectivity index (χ2v) is 8.92. The predicted molar refractivity (Wildman–Crippen MR) is 111 cm³/mol. The molecule has 1 atom stereocenters. The lowest BCUT2D eigenvalue weighted by Crippen LogP contribution is -2.30. The molecule has 2 heterocycles. The molecule has 150 valence electrons. The lowest BCUT2D eigenvalue weighted by Gasteiger charge is -2.23. The number of hydrogen-bond donors (Lipinski definition) is 1. The molecule has 7 nitrogen and oxygen atoms in total. The van der Waals surface area contributed by atoms with Crippen LogP contribution in [0.15, 0.2) is 53.6 Å². The van der Waals surface area contributed by atoms with Crippen LogP contribution in [0.1, 0.15) is 39.3 Å². The fraction of sp³-hybridized carbons (Fsp3) is 0.400. The Kier molecular flexibility index (Phi) is 6.00.